The van der Waals surface area contributed by atoms with Crippen LogP contribution in [-0.4, -0.2) is 68.8 Å². The summed E-state index contributed by atoms with van der Waals surface area (Å²) in [5.74, 6) is 1.95. The molecule has 0 aromatic heterocycles. The molecule has 21 heavy (non-hydrogen) atoms. The maximum absolute atomic E-state index is 12.3. The van der Waals surface area contributed by atoms with Crippen LogP contribution >= 0.6 is 35.7 Å². The van der Waals surface area contributed by atoms with E-state index in [-0.39, 0.29) is 29.9 Å². The molecule has 0 radical (unpaired) electrons. The van der Waals surface area contributed by atoms with Gasteiger partial charge in [0.05, 0.1) is 6.54 Å². The third kappa shape index (κ3) is 9.67. The fraction of sp³-hybridized carbons (Fsp3) is 0.917. The van der Waals surface area contributed by atoms with Gasteiger partial charge in [-0.1, -0.05) is 0 Å². The summed E-state index contributed by atoms with van der Waals surface area (Å²) in [6.45, 7) is 1.70. The molecule has 0 aliphatic carbocycles. The van der Waals surface area contributed by atoms with E-state index in [1.54, 1.807) is 18.8 Å². The second-order valence-electron chi connectivity index (χ2n) is 4.88. The topological polar surface area (TPSA) is 39.7 Å². The van der Waals surface area contributed by atoms with Gasteiger partial charge in [-0.05, 0) is 25.1 Å². The van der Waals surface area contributed by atoms with Gasteiger partial charge in [-0.2, -0.15) is 24.9 Å². The summed E-state index contributed by atoms with van der Waals surface area (Å²) in [5.41, 5.74) is 0. The first-order valence-electron chi connectivity index (χ1n) is 6.67. The van der Waals surface area contributed by atoms with Crippen LogP contribution in [0.2, 0.25) is 0 Å². The quantitative estimate of drug-likeness (QED) is 0.287. The van der Waals surface area contributed by atoms with Crippen molar-refractivity contribution in [3.05, 3.63) is 0 Å². The summed E-state index contributed by atoms with van der Waals surface area (Å²) in [5, 5.41) is 6.34. The van der Waals surface area contributed by atoms with Crippen molar-refractivity contribution in [2.45, 2.75) is 12.6 Å². The van der Waals surface area contributed by atoms with Crippen molar-refractivity contribution in [1.82, 2.24) is 15.5 Å². The molecule has 0 spiro atoms. The van der Waals surface area contributed by atoms with Crippen molar-refractivity contribution in [2.75, 3.05) is 51.8 Å². The Balaban J connectivity index is 0.00000400. The van der Waals surface area contributed by atoms with E-state index in [4.69, 9.17) is 0 Å². The third-order valence-electron chi connectivity index (χ3n) is 3.15. The number of halogens is 4. The molecule has 126 valence electrons. The summed E-state index contributed by atoms with van der Waals surface area (Å²) in [4.78, 5) is 5.56. The van der Waals surface area contributed by atoms with Crippen LogP contribution in [0.3, 0.4) is 0 Å². The van der Waals surface area contributed by atoms with Crippen molar-refractivity contribution in [2.24, 2.45) is 10.9 Å². The molecule has 1 aliphatic rings. The summed E-state index contributed by atoms with van der Waals surface area (Å²) in [6.07, 6.45) is -1.27. The fourth-order valence-electron chi connectivity index (χ4n) is 2.21. The average molecular weight is 440 g/mol. The largest absolute Gasteiger partial charge is 0.401 e. The highest BCUT2D eigenvalue weighted by Crippen LogP contribution is 2.22. The van der Waals surface area contributed by atoms with Crippen molar-refractivity contribution in [3.8, 4) is 0 Å². The van der Waals surface area contributed by atoms with Crippen LogP contribution in [0.25, 0.3) is 0 Å². The monoisotopic (exact) mass is 440 g/mol. The molecule has 0 saturated carbocycles. The van der Waals surface area contributed by atoms with E-state index in [9.17, 15) is 13.2 Å². The van der Waals surface area contributed by atoms with Gasteiger partial charge < -0.3 is 10.6 Å². The second kappa shape index (κ2) is 10.8. The van der Waals surface area contributed by atoms with E-state index in [1.165, 1.54) is 4.90 Å². The number of hydrogen-bond donors (Lipinski definition) is 2. The minimum atomic E-state index is -4.10. The minimum absolute atomic E-state index is 0. The van der Waals surface area contributed by atoms with Crippen LogP contribution in [0.15, 0.2) is 4.99 Å². The Morgan fingerprint density at radius 2 is 2.10 bits per heavy atom. The van der Waals surface area contributed by atoms with E-state index in [2.05, 4.69) is 15.6 Å². The lowest BCUT2D eigenvalue weighted by Crippen LogP contribution is -2.41. The third-order valence-corrected chi connectivity index (χ3v) is 3.77. The van der Waals surface area contributed by atoms with Gasteiger partial charge >= 0.3 is 6.18 Å². The van der Waals surface area contributed by atoms with Gasteiger partial charge in [0.15, 0.2) is 5.96 Å². The zero-order valence-corrected chi connectivity index (χ0v) is 15.5. The summed E-state index contributed by atoms with van der Waals surface area (Å²) in [7, 11) is 1.69. The molecule has 1 aliphatic heterocycles. The molecule has 1 fully saturated rings. The van der Waals surface area contributed by atoms with E-state index < -0.39 is 12.7 Å². The molecule has 4 nitrogen and oxygen atoms in total. The standard InChI is InChI=1S/C12H23F3N4S.HI/c1-16-11(17-4-6-20-2)18-7-10-3-5-19(8-10)9-12(13,14)15;/h10H,3-9H2,1-2H3,(H2,16,17,18);1H. The van der Waals surface area contributed by atoms with E-state index in [0.717, 1.165) is 18.7 Å². The van der Waals surface area contributed by atoms with Crippen LogP contribution in [0.4, 0.5) is 13.2 Å². The first-order chi connectivity index (χ1) is 9.44. The average Bonchev–Trinajstić information content (AvgIpc) is 2.79. The van der Waals surface area contributed by atoms with Crippen LogP contribution < -0.4 is 10.6 Å². The zero-order valence-electron chi connectivity index (χ0n) is 12.4. The molecular formula is C12H24F3IN4S. The molecule has 9 heteroatoms. The van der Waals surface area contributed by atoms with Gasteiger partial charge in [0.1, 0.15) is 0 Å². The summed E-state index contributed by atoms with van der Waals surface area (Å²) >= 11 is 1.74. The molecule has 1 rings (SSSR count). The van der Waals surface area contributed by atoms with Crippen molar-refractivity contribution >= 4 is 41.7 Å². The lowest BCUT2D eigenvalue weighted by Gasteiger charge is -2.18. The number of nitrogens with zero attached hydrogens (tertiary/aromatic N) is 2. The van der Waals surface area contributed by atoms with Crippen molar-refractivity contribution < 1.29 is 13.2 Å². The number of aliphatic imine (C=N–C) groups is 1. The number of nitrogens with one attached hydrogen (secondary N) is 2. The smallest absolute Gasteiger partial charge is 0.356 e. The maximum atomic E-state index is 12.3. The molecule has 0 aromatic carbocycles. The van der Waals surface area contributed by atoms with Gasteiger partial charge in [-0.25, -0.2) is 0 Å². The molecular weight excluding hydrogens is 416 g/mol. The van der Waals surface area contributed by atoms with Crippen LogP contribution in [0, 0.1) is 5.92 Å². The highest BCUT2D eigenvalue weighted by atomic mass is 127. The molecule has 2 N–H and O–H groups in total. The fourth-order valence-corrected chi connectivity index (χ4v) is 2.52. The van der Waals surface area contributed by atoms with E-state index in [1.807, 2.05) is 6.26 Å². The van der Waals surface area contributed by atoms with Gasteiger partial charge in [-0.15, -0.1) is 24.0 Å². The minimum Gasteiger partial charge on any atom is -0.356 e. The zero-order chi connectivity index (χ0) is 15.0. The van der Waals surface area contributed by atoms with Crippen LogP contribution in [0.5, 0.6) is 0 Å². The second-order valence-corrected chi connectivity index (χ2v) is 5.86. The van der Waals surface area contributed by atoms with E-state index >= 15 is 0 Å². The van der Waals surface area contributed by atoms with Gasteiger partial charge in [-0.3, -0.25) is 9.89 Å². The summed E-state index contributed by atoms with van der Waals surface area (Å²) < 4.78 is 36.9. The first-order valence-corrected chi connectivity index (χ1v) is 8.06. The number of hydrogen-bond acceptors (Lipinski definition) is 3. The molecule has 1 unspecified atom stereocenters. The van der Waals surface area contributed by atoms with Gasteiger partial charge in [0, 0.05) is 32.4 Å². The lowest BCUT2D eigenvalue weighted by atomic mass is 10.1. The molecule has 1 atom stereocenters. The normalized spacial score (nSPS) is 20.2. The Kier molecular flexibility index (Phi) is 10.8. The van der Waals surface area contributed by atoms with E-state index in [0.29, 0.717) is 25.6 Å². The molecule has 1 saturated heterocycles. The predicted octanol–water partition coefficient (Wildman–Crippen LogP) is 2.02. The number of thioether (sulfide) groups is 1. The number of likely N-dealkylation sites (tertiary alicyclic amines) is 1. The Morgan fingerprint density at radius 1 is 1.38 bits per heavy atom. The Hall–Kier alpha value is 0.1000. The van der Waals surface area contributed by atoms with Crippen LogP contribution in [-0.2, 0) is 0 Å². The summed E-state index contributed by atoms with van der Waals surface area (Å²) in [6, 6.07) is 0. The molecule has 1 heterocycles. The molecule has 0 aromatic rings. The highest BCUT2D eigenvalue weighted by molar-refractivity contribution is 14.0. The Labute approximate surface area is 145 Å². The number of guanidine groups is 1. The lowest BCUT2D eigenvalue weighted by molar-refractivity contribution is -0.143. The number of rotatable bonds is 6. The number of alkyl halides is 3. The maximum Gasteiger partial charge on any atom is 0.401 e. The van der Waals surface area contributed by atoms with Gasteiger partial charge in [0.25, 0.3) is 0 Å². The Bertz CT molecular complexity index is 315. The van der Waals surface area contributed by atoms with Crippen molar-refractivity contribution in [3.63, 3.8) is 0 Å². The van der Waals surface area contributed by atoms with Crippen LogP contribution in [0.1, 0.15) is 6.42 Å². The predicted molar refractivity (Wildman–Crippen MR) is 93.8 cm³/mol. The highest BCUT2D eigenvalue weighted by Gasteiger charge is 2.34. The van der Waals surface area contributed by atoms with Gasteiger partial charge in [0.2, 0.25) is 0 Å². The molecule has 0 bridgehead atoms. The first kappa shape index (κ1) is 21.1. The Morgan fingerprint density at radius 3 is 2.67 bits per heavy atom. The SMILES string of the molecule is CN=C(NCCSC)NCC1CCN(CC(F)(F)F)C1.I. The van der Waals surface area contributed by atoms with Crippen molar-refractivity contribution in [1.29, 1.82) is 0 Å². The molecule has 0 amide bonds.